The highest BCUT2D eigenvalue weighted by molar-refractivity contribution is 5.89. The van der Waals surface area contributed by atoms with Crippen LogP contribution in [-0.4, -0.2) is 10.9 Å². The molecular weight excluding hydrogens is 422 g/mol. The predicted octanol–water partition coefficient (Wildman–Crippen LogP) is 6.99. The maximum atomic E-state index is 14.1. The summed E-state index contributed by atoms with van der Waals surface area (Å²) in [7, 11) is 0. The Bertz CT molecular complexity index is 1220. The number of hydrogen-bond donors (Lipinski definition) is 1. The molecule has 4 nitrogen and oxygen atoms in total. The largest absolute Gasteiger partial charge is 0.457 e. The van der Waals surface area contributed by atoms with Crippen LogP contribution in [0.1, 0.15) is 11.1 Å². The molecular formula is C27H22F2N2O2. The van der Waals surface area contributed by atoms with Crippen LogP contribution < -0.4 is 10.1 Å². The van der Waals surface area contributed by atoms with E-state index in [0.29, 0.717) is 18.0 Å². The van der Waals surface area contributed by atoms with Gasteiger partial charge in [-0.1, -0.05) is 60.7 Å². The molecule has 1 N–H and O–H groups in total. The third kappa shape index (κ3) is 6.17. The summed E-state index contributed by atoms with van der Waals surface area (Å²) in [5.41, 5.74) is 1.68. The van der Waals surface area contributed by atoms with Crippen molar-refractivity contribution in [1.82, 2.24) is 4.90 Å². The molecule has 0 heterocycles. The van der Waals surface area contributed by atoms with Crippen LogP contribution >= 0.6 is 0 Å². The predicted molar refractivity (Wildman–Crippen MR) is 124 cm³/mol. The second-order valence-electron chi connectivity index (χ2n) is 7.46. The van der Waals surface area contributed by atoms with Crippen molar-refractivity contribution in [1.29, 1.82) is 0 Å². The van der Waals surface area contributed by atoms with Gasteiger partial charge in [-0.2, -0.15) is 0 Å². The van der Waals surface area contributed by atoms with E-state index in [1.54, 1.807) is 4.90 Å². The van der Waals surface area contributed by atoms with E-state index in [1.165, 1.54) is 6.07 Å². The summed E-state index contributed by atoms with van der Waals surface area (Å²) >= 11 is 0. The number of anilines is 1. The molecule has 0 aliphatic carbocycles. The van der Waals surface area contributed by atoms with E-state index in [2.05, 4.69) is 5.32 Å². The van der Waals surface area contributed by atoms with Crippen molar-refractivity contribution in [3.8, 4) is 11.5 Å². The highest BCUT2D eigenvalue weighted by atomic mass is 19.1. The first-order valence-electron chi connectivity index (χ1n) is 10.4. The first kappa shape index (κ1) is 22.0. The van der Waals surface area contributed by atoms with Crippen molar-refractivity contribution in [2.75, 3.05) is 5.32 Å². The molecule has 4 aromatic rings. The number of rotatable bonds is 7. The molecule has 166 valence electrons. The van der Waals surface area contributed by atoms with Crippen LogP contribution in [0.3, 0.4) is 0 Å². The van der Waals surface area contributed by atoms with Gasteiger partial charge in [-0.15, -0.1) is 0 Å². The zero-order chi connectivity index (χ0) is 23.0. The fraction of sp³-hybridized carbons (Fsp3) is 0.0741. The van der Waals surface area contributed by atoms with Crippen LogP contribution in [-0.2, 0) is 13.1 Å². The van der Waals surface area contributed by atoms with Crippen molar-refractivity contribution >= 4 is 11.7 Å². The van der Waals surface area contributed by atoms with Gasteiger partial charge in [-0.25, -0.2) is 13.6 Å². The summed E-state index contributed by atoms with van der Waals surface area (Å²) < 4.78 is 33.2. The molecule has 6 heteroatoms. The monoisotopic (exact) mass is 444 g/mol. The zero-order valence-electron chi connectivity index (χ0n) is 17.7. The van der Waals surface area contributed by atoms with Crippen LogP contribution in [0, 0.1) is 11.6 Å². The summed E-state index contributed by atoms with van der Waals surface area (Å²) in [5, 5.41) is 2.55. The summed E-state index contributed by atoms with van der Waals surface area (Å²) in [6.07, 6.45) is 0. The molecule has 0 saturated heterocycles. The van der Waals surface area contributed by atoms with Crippen LogP contribution in [0.15, 0.2) is 103 Å². The molecule has 0 fully saturated rings. The van der Waals surface area contributed by atoms with Gasteiger partial charge in [0.2, 0.25) is 0 Å². The molecule has 4 aromatic carbocycles. The number of para-hydroxylation sites is 1. The molecule has 0 unspecified atom stereocenters. The van der Waals surface area contributed by atoms with Gasteiger partial charge in [0.25, 0.3) is 0 Å². The van der Waals surface area contributed by atoms with Gasteiger partial charge >= 0.3 is 6.03 Å². The Labute approximate surface area is 191 Å². The lowest BCUT2D eigenvalue weighted by Crippen LogP contribution is -2.34. The minimum absolute atomic E-state index is 0.0828. The average molecular weight is 444 g/mol. The van der Waals surface area contributed by atoms with Crippen molar-refractivity contribution < 1.29 is 18.3 Å². The highest BCUT2D eigenvalue weighted by Gasteiger charge is 2.17. The molecule has 0 bridgehead atoms. The number of hydrogen-bond acceptors (Lipinski definition) is 2. The standard InChI is InChI=1S/C27H22F2N2O2/c28-22-14-15-26(25(29)17-22)30-27(32)31(18-20-8-3-1-4-9-20)19-21-10-7-13-24(16-21)33-23-11-5-2-6-12-23/h1-17H,18-19H2,(H,30,32). The minimum atomic E-state index is -0.832. The number of carbonyl (C=O) groups excluding carboxylic acids is 1. The Morgan fingerprint density at radius 1 is 0.727 bits per heavy atom. The Balaban J connectivity index is 1.54. The van der Waals surface area contributed by atoms with Crippen LogP contribution in [0.4, 0.5) is 19.3 Å². The van der Waals surface area contributed by atoms with E-state index in [9.17, 15) is 13.6 Å². The van der Waals surface area contributed by atoms with Crippen LogP contribution in [0.2, 0.25) is 0 Å². The molecule has 0 atom stereocenters. The molecule has 2 amide bonds. The van der Waals surface area contributed by atoms with Gasteiger partial charge in [-0.3, -0.25) is 0 Å². The smallest absolute Gasteiger partial charge is 0.322 e. The molecule has 33 heavy (non-hydrogen) atoms. The maximum absolute atomic E-state index is 14.1. The highest BCUT2D eigenvalue weighted by Crippen LogP contribution is 2.23. The zero-order valence-corrected chi connectivity index (χ0v) is 17.7. The number of nitrogens with zero attached hydrogens (tertiary/aromatic N) is 1. The van der Waals surface area contributed by atoms with E-state index in [-0.39, 0.29) is 12.2 Å². The van der Waals surface area contributed by atoms with Gasteiger partial charge in [-0.05, 0) is 47.5 Å². The number of carbonyl (C=O) groups is 1. The van der Waals surface area contributed by atoms with E-state index < -0.39 is 17.7 Å². The van der Waals surface area contributed by atoms with Gasteiger partial charge < -0.3 is 15.0 Å². The first-order valence-corrected chi connectivity index (χ1v) is 10.4. The Morgan fingerprint density at radius 2 is 1.36 bits per heavy atom. The van der Waals surface area contributed by atoms with E-state index >= 15 is 0 Å². The van der Waals surface area contributed by atoms with Crippen LogP contribution in [0.5, 0.6) is 11.5 Å². The van der Waals surface area contributed by atoms with E-state index in [0.717, 1.165) is 23.3 Å². The van der Waals surface area contributed by atoms with Crippen LogP contribution in [0.25, 0.3) is 0 Å². The van der Waals surface area contributed by atoms with Gasteiger partial charge in [0.1, 0.15) is 23.1 Å². The summed E-state index contributed by atoms with van der Waals surface area (Å²) in [5.74, 6) is -0.188. The molecule has 0 aliphatic heterocycles. The van der Waals surface area contributed by atoms with Crippen molar-refractivity contribution in [3.05, 3.63) is 126 Å². The average Bonchev–Trinajstić information content (AvgIpc) is 2.82. The Morgan fingerprint density at radius 3 is 2.09 bits per heavy atom. The molecule has 4 rings (SSSR count). The number of amides is 2. The fourth-order valence-corrected chi connectivity index (χ4v) is 3.34. The lowest BCUT2D eigenvalue weighted by atomic mass is 10.1. The number of benzene rings is 4. The topological polar surface area (TPSA) is 41.6 Å². The number of halogens is 2. The van der Waals surface area contributed by atoms with Crippen molar-refractivity contribution in [3.63, 3.8) is 0 Å². The molecule has 0 aliphatic rings. The maximum Gasteiger partial charge on any atom is 0.322 e. The summed E-state index contributed by atoms with van der Waals surface area (Å²) in [4.78, 5) is 14.6. The third-order valence-corrected chi connectivity index (χ3v) is 4.93. The third-order valence-electron chi connectivity index (χ3n) is 4.93. The molecule has 0 radical (unpaired) electrons. The van der Waals surface area contributed by atoms with Crippen molar-refractivity contribution in [2.24, 2.45) is 0 Å². The normalized spacial score (nSPS) is 10.5. The van der Waals surface area contributed by atoms with E-state index in [1.807, 2.05) is 84.9 Å². The number of nitrogens with one attached hydrogen (secondary N) is 1. The second kappa shape index (κ2) is 10.4. The summed E-state index contributed by atoms with van der Waals surface area (Å²) in [6, 6.07) is 28.9. The molecule has 0 saturated carbocycles. The summed E-state index contributed by atoms with van der Waals surface area (Å²) in [6.45, 7) is 0.564. The van der Waals surface area contributed by atoms with Gasteiger partial charge in [0.15, 0.2) is 0 Å². The Kier molecular flexibility index (Phi) is 6.95. The molecule has 0 spiro atoms. The SMILES string of the molecule is O=C(Nc1ccc(F)cc1F)N(Cc1ccccc1)Cc1cccc(Oc2ccccc2)c1. The lowest BCUT2D eigenvalue weighted by Gasteiger charge is -2.24. The Hall–Kier alpha value is -4.19. The quantitative estimate of drug-likeness (QED) is 0.334. The fourth-order valence-electron chi connectivity index (χ4n) is 3.34. The number of ether oxygens (including phenoxy) is 1. The molecule has 0 aromatic heterocycles. The van der Waals surface area contributed by atoms with Crippen molar-refractivity contribution in [2.45, 2.75) is 13.1 Å². The number of urea groups is 1. The minimum Gasteiger partial charge on any atom is -0.457 e. The van der Waals surface area contributed by atoms with Gasteiger partial charge in [0, 0.05) is 19.2 Å². The first-order chi connectivity index (χ1) is 16.1. The lowest BCUT2D eigenvalue weighted by molar-refractivity contribution is 0.206. The van der Waals surface area contributed by atoms with E-state index in [4.69, 9.17) is 4.74 Å². The van der Waals surface area contributed by atoms with Gasteiger partial charge in [0.05, 0.1) is 5.69 Å². The second-order valence-corrected chi connectivity index (χ2v) is 7.46.